The summed E-state index contributed by atoms with van der Waals surface area (Å²) in [7, 11) is 0. The van der Waals surface area contributed by atoms with Crippen molar-refractivity contribution >= 4 is 5.91 Å². The molecule has 0 aliphatic carbocycles. The number of nitrogens with one attached hydrogen (secondary N) is 2. The standard InChI is InChI=1S/C19H24N4O/c24-19(12-15-9-16-5-6-17(10-15)22-16)20-13-14-3-1-4-18(11-14)23-8-2-7-21-23/h1-4,7-8,11,15-17,22H,5-6,9-10,12-13H2,(H,20,24). The van der Waals surface area contributed by atoms with Crippen molar-refractivity contribution in [3.05, 3.63) is 48.3 Å². The molecular formula is C19H24N4O. The second-order valence-electron chi connectivity index (χ2n) is 7.08. The number of aromatic nitrogens is 2. The zero-order chi connectivity index (χ0) is 16.4. The summed E-state index contributed by atoms with van der Waals surface area (Å²) >= 11 is 0. The highest BCUT2D eigenvalue weighted by Gasteiger charge is 2.34. The number of amides is 1. The van der Waals surface area contributed by atoms with Crippen LogP contribution in [-0.4, -0.2) is 27.8 Å². The molecule has 4 rings (SSSR count). The van der Waals surface area contributed by atoms with E-state index in [1.165, 1.54) is 12.8 Å². The third-order valence-electron chi connectivity index (χ3n) is 5.21. The molecule has 2 aliphatic rings. The Labute approximate surface area is 142 Å². The smallest absolute Gasteiger partial charge is 0.220 e. The first-order valence-electron chi connectivity index (χ1n) is 8.88. The van der Waals surface area contributed by atoms with Crippen LogP contribution in [0.1, 0.15) is 37.7 Å². The quantitative estimate of drug-likeness (QED) is 0.888. The van der Waals surface area contributed by atoms with Crippen molar-refractivity contribution in [2.45, 2.75) is 50.7 Å². The molecule has 2 saturated heterocycles. The van der Waals surface area contributed by atoms with Crippen LogP contribution in [0.15, 0.2) is 42.7 Å². The Morgan fingerprint density at radius 3 is 2.83 bits per heavy atom. The van der Waals surface area contributed by atoms with Gasteiger partial charge in [-0.1, -0.05) is 12.1 Å². The second-order valence-corrected chi connectivity index (χ2v) is 7.08. The summed E-state index contributed by atoms with van der Waals surface area (Å²) in [5.74, 6) is 0.713. The van der Waals surface area contributed by atoms with Gasteiger partial charge in [-0.15, -0.1) is 0 Å². The molecule has 5 heteroatoms. The highest BCUT2D eigenvalue weighted by atomic mass is 16.1. The highest BCUT2D eigenvalue weighted by Crippen LogP contribution is 2.32. The van der Waals surface area contributed by atoms with Crippen LogP contribution in [0.25, 0.3) is 5.69 Å². The Kier molecular flexibility index (Phi) is 4.34. The van der Waals surface area contributed by atoms with Crippen molar-refractivity contribution < 1.29 is 4.79 Å². The van der Waals surface area contributed by atoms with Gasteiger partial charge < -0.3 is 10.6 Å². The molecule has 5 nitrogen and oxygen atoms in total. The fourth-order valence-corrected chi connectivity index (χ4v) is 4.11. The van der Waals surface area contributed by atoms with Crippen molar-refractivity contribution in [1.82, 2.24) is 20.4 Å². The van der Waals surface area contributed by atoms with Gasteiger partial charge in [0.1, 0.15) is 0 Å². The predicted octanol–water partition coefficient (Wildman–Crippen LogP) is 2.41. The molecule has 2 bridgehead atoms. The van der Waals surface area contributed by atoms with Gasteiger partial charge in [0.25, 0.3) is 0 Å². The average Bonchev–Trinajstić information content (AvgIpc) is 3.23. The molecule has 0 saturated carbocycles. The zero-order valence-electron chi connectivity index (χ0n) is 13.8. The van der Waals surface area contributed by atoms with E-state index in [4.69, 9.17) is 0 Å². The Morgan fingerprint density at radius 1 is 1.25 bits per heavy atom. The van der Waals surface area contributed by atoms with Crippen LogP contribution in [0.4, 0.5) is 0 Å². The fourth-order valence-electron chi connectivity index (χ4n) is 4.11. The molecule has 2 aliphatic heterocycles. The first-order chi connectivity index (χ1) is 11.8. The van der Waals surface area contributed by atoms with E-state index < -0.39 is 0 Å². The summed E-state index contributed by atoms with van der Waals surface area (Å²) in [6.07, 6.45) is 9.21. The molecular weight excluding hydrogens is 300 g/mol. The van der Waals surface area contributed by atoms with Crippen LogP contribution in [0.2, 0.25) is 0 Å². The van der Waals surface area contributed by atoms with Gasteiger partial charge in [0.05, 0.1) is 5.69 Å². The molecule has 1 aromatic carbocycles. The van der Waals surface area contributed by atoms with Gasteiger partial charge in [-0.3, -0.25) is 4.79 Å². The van der Waals surface area contributed by atoms with Gasteiger partial charge in [0.2, 0.25) is 5.91 Å². The minimum absolute atomic E-state index is 0.172. The summed E-state index contributed by atoms with van der Waals surface area (Å²) < 4.78 is 1.83. The number of fused-ring (bicyclic) bond motifs is 2. The van der Waals surface area contributed by atoms with E-state index in [9.17, 15) is 4.79 Å². The zero-order valence-corrected chi connectivity index (χ0v) is 13.8. The number of hydrogen-bond acceptors (Lipinski definition) is 3. The number of rotatable bonds is 5. The van der Waals surface area contributed by atoms with Crippen LogP contribution >= 0.6 is 0 Å². The van der Waals surface area contributed by atoms with Crippen LogP contribution in [0, 0.1) is 5.92 Å². The van der Waals surface area contributed by atoms with Gasteiger partial charge in [0.15, 0.2) is 0 Å². The van der Waals surface area contributed by atoms with Crippen molar-refractivity contribution in [2.24, 2.45) is 5.92 Å². The Hall–Kier alpha value is -2.14. The number of piperidine rings is 1. The molecule has 0 spiro atoms. The van der Waals surface area contributed by atoms with E-state index in [1.54, 1.807) is 6.20 Å². The first-order valence-corrected chi connectivity index (χ1v) is 8.88. The molecule has 2 aromatic rings. The minimum atomic E-state index is 0.172. The molecule has 1 amide bonds. The molecule has 2 N–H and O–H groups in total. The summed E-state index contributed by atoms with van der Waals surface area (Å²) in [5.41, 5.74) is 2.11. The van der Waals surface area contributed by atoms with Crippen molar-refractivity contribution in [3.63, 3.8) is 0 Å². The Balaban J connectivity index is 1.30. The SMILES string of the molecule is O=C(CC1CC2CCC(C1)N2)NCc1cccc(-n2cccn2)c1. The minimum Gasteiger partial charge on any atom is -0.352 e. The van der Waals surface area contributed by atoms with E-state index in [1.807, 2.05) is 35.1 Å². The highest BCUT2D eigenvalue weighted by molar-refractivity contribution is 5.76. The third kappa shape index (κ3) is 3.51. The molecule has 2 fully saturated rings. The van der Waals surface area contributed by atoms with Crippen molar-refractivity contribution in [3.8, 4) is 5.69 Å². The Bertz CT molecular complexity index is 685. The monoisotopic (exact) mass is 324 g/mol. The molecule has 2 atom stereocenters. The van der Waals surface area contributed by atoms with Gasteiger partial charge >= 0.3 is 0 Å². The molecule has 0 radical (unpaired) electrons. The van der Waals surface area contributed by atoms with Gasteiger partial charge in [0, 0.05) is 37.4 Å². The summed E-state index contributed by atoms with van der Waals surface area (Å²) in [5, 5.41) is 11.0. The Morgan fingerprint density at radius 2 is 2.08 bits per heavy atom. The van der Waals surface area contributed by atoms with E-state index in [0.29, 0.717) is 31.0 Å². The normalized spacial score (nSPS) is 25.6. The van der Waals surface area contributed by atoms with Crippen molar-refractivity contribution in [1.29, 1.82) is 0 Å². The number of hydrogen-bond donors (Lipinski definition) is 2. The van der Waals surface area contributed by atoms with Crippen LogP contribution in [-0.2, 0) is 11.3 Å². The number of nitrogens with zero attached hydrogens (tertiary/aromatic N) is 2. The average molecular weight is 324 g/mol. The molecule has 1 aromatic heterocycles. The molecule has 126 valence electrons. The molecule has 3 heterocycles. The van der Waals surface area contributed by atoms with Crippen molar-refractivity contribution in [2.75, 3.05) is 0 Å². The number of carbonyl (C=O) groups is 1. The predicted molar refractivity (Wildman–Crippen MR) is 92.7 cm³/mol. The third-order valence-corrected chi connectivity index (χ3v) is 5.21. The topological polar surface area (TPSA) is 59.0 Å². The first kappa shape index (κ1) is 15.4. The van der Waals surface area contributed by atoms with Crippen LogP contribution in [0.3, 0.4) is 0 Å². The maximum atomic E-state index is 12.3. The number of benzene rings is 1. The molecule has 2 unspecified atom stereocenters. The van der Waals surface area contributed by atoms with Gasteiger partial charge in [-0.05, 0) is 55.4 Å². The van der Waals surface area contributed by atoms with E-state index in [2.05, 4.69) is 21.8 Å². The lowest BCUT2D eigenvalue weighted by molar-refractivity contribution is -0.122. The van der Waals surface area contributed by atoms with E-state index in [-0.39, 0.29) is 5.91 Å². The van der Waals surface area contributed by atoms with Crippen LogP contribution < -0.4 is 10.6 Å². The van der Waals surface area contributed by atoms with Crippen LogP contribution in [0.5, 0.6) is 0 Å². The molecule has 24 heavy (non-hydrogen) atoms. The summed E-state index contributed by atoms with van der Waals surface area (Å²) in [6.45, 7) is 0.575. The fraction of sp³-hybridized carbons (Fsp3) is 0.474. The maximum absolute atomic E-state index is 12.3. The second kappa shape index (κ2) is 6.77. The lowest BCUT2D eigenvalue weighted by atomic mass is 9.89. The summed E-state index contributed by atoms with van der Waals surface area (Å²) in [6, 6.07) is 11.3. The van der Waals surface area contributed by atoms with Gasteiger partial charge in [-0.2, -0.15) is 5.10 Å². The van der Waals surface area contributed by atoms with Gasteiger partial charge in [-0.25, -0.2) is 4.68 Å². The maximum Gasteiger partial charge on any atom is 0.220 e. The van der Waals surface area contributed by atoms with E-state index >= 15 is 0 Å². The summed E-state index contributed by atoms with van der Waals surface area (Å²) in [4.78, 5) is 12.3. The van der Waals surface area contributed by atoms with E-state index in [0.717, 1.165) is 24.1 Å². The largest absolute Gasteiger partial charge is 0.352 e. The lowest BCUT2D eigenvalue weighted by Gasteiger charge is -2.28. The lowest BCUT2D eigenvalue weighted by Crippen LogP contribution is -2.39. The number of carbonyl (C=O) groups excluding carboxylic acids is 1.